The van der Waals surface area contributed by atoms with Crippen LogP contribution in [0.25, 0.3) is 0 Å². The monoisotopic (exact) mass is 324 g/mol. The summed E-state index contributed by atoms with van der Waals surface area (Å²) in [7, 11) is 0. The molecule has 0 aromatic carbocycles. The average Bonchev–Trinajstić information content (AvgIpc) is 2.77. The fourth-order valence-corrected chi connectivity index (χ4v) is 2.82. The first-order chi connectivity index (χ1) is 11.0. The fraction of sp³-hybridized carbons (Fsp3) is 0.667. The van der Waals surface area contributed by atoms with Gasteiger partial charge in [0, 0.05) is 24.7 Å². The number of allylic oxidation sites excluding steroid dienone is 2. The number of Topliss-reactive ketones (excluding diaryl/α,β-unsaturated/α-hetero) is 1. The predicted octanol–water partition coefficient (Wildman–Crippen LogP) is 2.47. The molecular weight excluding hydrogens is 296 g/mol. The van der Waals surface area contributed by atoms with E-state index < -0.39 is 18.2 Å². The van der Waals surface area contributed by atoms with Crippen LogP contribution in [0.5, 0.6) is 0 Å². The topological polar surface area (TPSA) is 94.8 Å². The van der Waals surface area contributed by atoms with E-state index in [4.69, 9.17) is 5.11 Å². The van der Waals surface area contributed by atoms with Crippen molar-refractivity contribution in [1.29, 1.82) is 0 Å². The first kappa shape index (κ1) is 19.6. The van der Waals surface area contributed by atoms with Gasteiger partial charge in [-0.15, -0.1) is 0 Å². The quantitative estimate of drug-likeness (QED) is 0.424. The van der Waals surface area contributed by atoms with E-state index in [0.717, 1.165) is 12.8 Å². The van der Waals surface area contributed by atoms with E-state index in [1.165, 1.54) is 0 Å². The zero-order chi connectivity index (χ0) is 17.2. The van der Waals surface area contributed by atoms with E-state index in [1.807, 2.05) is 19.1 Å². The van der Waals surface area contributed by atoms with Gasteiger partial charge in [-0.1, -0.05) is 31.2 Å². The molecule has 130 valence electrons. The van der Waals surface area contributed by atoms with Gasteiger partial charge in [-0.3, -0.25) is 9.59 Å². The maximum atomic E-state index is 12.0. The first-order valence-corrected chi connectivity index (χ1v) is 8.39. The number of aliphatic carboxylic acids is 1. The Labute approximate surface area is 137 Å². The van der Waals surface area contributed by atoms with Crippen molar-refractivity contribution in [3.05, 3.63) is 24.3 Å². The Balaban J connectivity index is 2.44. The number of aliphatic hydroxyl groups excluding tert-OH is 2. The third kappa shape index (κ3) is 7.10. The van der Waals surface area contributed by atoms with Crippen LogP contribution in [0.1, 0.15) is 51.9 Å². The van der Waals surface area contributed by atoms with E-state index in [9.17, 15) is 19.8 Å². The van der Waals surface area contributed by atoms with Crippen LogP contribution >= 0.6 is 0 Å². The van der Waals surface area contributed by atoms with Crippen LogP contribution in [0, 0.1) is 11.8 Å². The summed E-state index contributed by atoms with van der Waals surface area (Å²) in [5, 5.41) is 28.1. The normalized spacial score (nSPS) is 26.4. The molecule has 1 rings (SSSR count). The van der Waals surface area contributed by atoms with Gasteiger partial charge in [0.15, 0.2) is 0 Å². The Kier molecular flexibility index (Phi) is 8.81. The summed E-state index contributed by atoms with van der Waals surface area (Å²) in [5.41, 5.74) is 0. The average molecular weight is 324 g/mol. The number of carbonyl (C=O) groups excluding carboxylic acids is 1. The van der Waals surface area contributed by atoms with Gasteiger partial charge in [0.1, 0.15) is 5.78 Å². The highest BCUT2D eigenvalue weighted by Crippen LogP contribution is 2.33. The molecule has 0 bridgehead atoms. The predicted molar refractivity (Wildman–Crippen MR) is 87.9 cm³/mol. The molecule has 4 atom stereocenters. The highest BCUT2D eigenvalue weighted by atomic mass is 16.4. The number of unbranched alkanes of at least 4 members (excludes halogenated alkanes) is 2. The lowest BCUT2D eigenvalue weighted by molar-refractivity contribution is -0.137. The second-order valence-corrected chi connectivity index (χ2v) is 6.13. The van der Waals surface area contributed by atoms with Crippen molar-refractivity contribution in [1.82, 2.24) is 0 Å². The molecule has 23 heavy (non-hydrogen) atoms. The minimum atomic E-state index is -0.775. The minimum Gasteiger partial charge on any atom is -0.481 e. The van der Waals surface area contributed by atoms with Crippen molar-refractivity contribution in [2.75, 3.05) is 0 Å². The lowest BCUT2D eigenvalue weighted by Crippen LogP contribution is -2.18. The molecule has 1 saturated carbocycles. The van der Waals surface area contributed by atoms with Crippen molar-refractivity contribution in [2.45, 2.75) is 64.1 Å². The Morgan fingerprint density at radius 3 is 2.74 bits per heavy atom. The van der Waals surface area contributed by atoms with Gasteiger partial charge in [0.2, 0.25) is 0 Å². The number of carboxylic acids is 1. The van der Waals surface area contributed by atoms with Gasteiger partial charge in [-0.2, -0.15) is 0 Å². The molecule has 1 fully saturated rings. The minimum absolute atomic E-state index is 0.0636. The number of hydrogen-bond donors (Lipinski definition) is 3. The van der Waals surface area contributed by atoms with E-state index in [0.29, 0.717) is 19.3 Å². The molecule has 5 heteroatoms. The van der Waals surface area contributed by atoms with Crippen LogP contribution in [0.15, 0.2) is 24.3 Å². The zero-order valence-corrected chi connectivity index (χ0v) is 13.7. The summed E-state index contributed by atoms with van der Waals surface area (Å²) in [6.07, 6.45) is 9.95. The van der Waals surface area contributed by atoms with Crippen molar-refractivity contribution in [2.24, 2.45) is 11.8 Å². The molecule has 0 heterocycles. The van der Waals surface area contributed by atoms with Crippen LogP contribution in [0.4, 0.5) is 0 Å². The standard InChI is InChI=1S/C18H28O5/c1-2-13(19)10-11-15-14(16(20)12-17(15)21)8-6-4-3-5-7-9-18(22)23/h4,6,10-11,13-15,17,19,21H,2-3,5,7-9,12H2,1H3,(H,22,23)/b6-4-,11-10+/t13-,14-,15+,17+/m1/s1. The smallest absolute Gasteiger partial charge is 0.303 e. The molecule has 0 amide bonds. The van der Waals surface area contributed by atoms with Gasteiger partial charge in [-0.25, -0.2) is 0 Å². The molecule has 0 aromatic heterocycles. The number of rotatable bonds is 10. The zero-order valence-electron chi connectivity index (χ0n) is 13.7. The van der Waals surface area contributed by atoms with E-state index in [2.05, 4.69) is 0 Å². The summed E-state index contributed by atoms with van der Waals surface area (Å²) in [6, 6.07) is 0. The second-order valence-electron chi connectivity index (χ2n) is 6.13. The number of aliphatic hydroxyl groups is 2. The number of carbonyl (C=O) groups is 2. The Bertz CT molecular complexity index is 441. The van der Waals surface area contributed by atoms with Gasteiger partial charge < -0.3 is 15.3 Å². The molecule has 3 N–H and O–H groups in total. The van der Waals surface area contributed by atoms with Crippen LogP contribution < -0.4 is 0 Å². The van der Waals surface area contributed by atoms with Crippen molar-refractivity contribution in [3.63, 3.8) is 0 Å². The highest BCUT2D eigenvalue weighted by molar-refractivity contribution is 5.84. The summed E-state index contributed by atoms with van der Waals surface area (Å²) < 4.78 is 0. The van der Waals surface area contributed by atoms with Crippen LogP contribution in [0.2, 0.25) is 0 Å². The third-order valence-electron chi connectivity index (χ3n) is 4.27. The maximum Gasteiger partial charge on any atom is 0.303 e. The first-order valence-electron chi connectivity index (χ1n) is 8.39. The maximum absolute atomic E-state index is 12.0. The third-order valence-corrected chi connectivity index (χ3v) is 4.27. The molecule has 1 aliphatic rings. The molecule has 0 unspecified atom stereocenters. The lowest BCUT2D eigenvalue weighted by Gasteiger charge is -2.16. The van der Waals surface area contributed by atoms with Gasteiger partial charge >= 0.3 is 5.97 Å². The molecule has 5 nitrogen and oxygen atoms in total. The largest absolute Gasteiger partial charge is 0.481 e. The van der Waals surface area contributed by atoms with Crippen LogP contribution in [-0.2, 0) is 9.59 Å². The number of hydrogen-bond acceptors (Lipinski definition) is 4. The lowest BCUT2D eigenvalue weighted by atomic mass is 9.90. The summed E-state index contributed by atoms with van der Waals surface area (Å²) in [6.45, 7) is 1.87. The van der Waals surface area contributed by atoms with E-state index >= 15 is 0 Å². The summed E-state index contributed by atoms with van der Waals surface area (Å²) in [5.74, 6) is -1.18. The second kappa shape index (κ2) is 10.3. The molecule has 0 radical (unpaired) electrons. The highest BCUT2D eigenvalue weighted by Gasteiger charge is 2.39. The van der Waals surface area contributed by atoms with Crippen LogP contribution in [0.3, 0.4) is 0 Å². The fourth-order valence-electron chi connectivity index (χ4n) is 2.82. The molecule has 0 spiro atoms. The molecular formula is C18H28O5. The van der Waals surface area contributed by atoms with Crippen molar-refractivity contribution >= 4 is 11.8 Å². The molecule has 1 aliphatic carbocycles. The summed E-state index contributed by atoms with van der Waals surface area (Å²) in [4.78, 5) is 22.4. The van der Waals surface area contributed by atoms with Gasteiger partial charge in [0.25, 0.3) is 0 Å². The van der Waals surface area contributed by atoms with Crippen molar-refractivity contribution in [3.8, 4) is 0 Å². The van der Waals surface area contributed by atoms with Gasteiger partial charge in [-0.05, 0) is 32.1 Å². The number of carboxylic acid groups (broad SMARTS) is 1. The van der Waals surface area contributed by atoms with E-state index in [1.54, 1.807) is 12.2 Å². The number of ketones is 1. The molecule has 0 aromatic rings. The molecule has 0 aliphatic heterocycles. The summed E-state index contributed by atoms with van der Waals surface area (Å²) >= 11 is 0. The van der Waals surface area contributed by atoms with Gasteiger partial charge in [0.05, 0.1) is 12.2 Å². The van der Waals surface area contributed by atoms with Crippen LogP contribution in [-0.4, -0.2) is 39.3 Å². The molecule has 0 saturated heterocycles. The Hall–Kier alpha value is -1.46. The SMILES string of the molecule is CC[C@@H](O)/C=C/[C@@H]1[C@@H](O)CC(=O)[C@@H]1C/C=C\CCCCC(=O)O. The Morgan fingerprint density at radius 2 is 2.09 bits per heavy atom. The Morgan fingerprint density at radius 1 is 1.35 bits per heavy atom. The van der Waals surface area contributed by atoms with Crippen molar-refractivity contribution < 1.29 is 24.9 Å². The van der Waals surface area contributed by atoms with E-state index in [-0.39, 0.29) is 30.5 Å².